The highest BCUT2D eigenvalue weighted by atomic mass is 35.5. The summed E-state index contributed by atoms with van der Waals surface area (Å²) in [5, 5.41) is 11.0. The Bertz CT molecular complexity index is 672. The summed E-state index contributed by atoms with van der Waals surface area (Å²) in [7, 11) is 0. The smallest absolute Gasteiger partial charge is 0.325 e. The van der Waals surface area contributed by atoms with Crippen LogP contribution in [0.25, 0.3) is 10.1 Å². The fraction of sp³-hybridized carbons (Fsp3) is 0.357. The van der Waals surface area contributed by atoms with Crippen molar-refractivity contribution in [3.05, 3.63) is 34.2 Å². The van der Waals surface area contributed by atoms with Crippen LogP contribution < -0.4 is 5.73 Å². The summed E-state index contributed by atoms with van der Waals surface area (Å²) in [5.41, 5.74) is 4.77. The molecule has 0 radical (unpaired) electrons. The van der Waals surface area contributed by atoms with Gasteiger partial charge >= 0.3 is 5.97 Å². The first-order valence-electron chi connectivity index (χ1n) is 6.40. The van der Waals surface area contributed by atoms with Crippen LogP contribution >= 0.6 is 22.9 Å². The molecule has 0 bridgehead atoms. The lowest BCUT2D eigenvalue weighted by Gasteiger charge is -2.19. The summed E-state index contributed by atoms with van der Waals surface area (Å²) >= 11 is 8.06. The highest BCUT2D eigenvalue weighted by molar-refractivity contribution is 7.19. The van der Waals surface area contributed by atoms with Gasteiger partial charge in [0.1, 0.15) is 5.54 Å². The van der Waals surface area contributed by atoms with Crippen molar-refractivity contribution >= 4 is 39.0 Å². The van der Waals surface area contributed by atoms with E-state index in [0.29, 0.717) is 26.1 Å². The van der Waals surface area contributed by atoms with Gasteiger partial charge < -0.3 is 10.8 Å². The fourth-order valence-corrected chi connectivity index (χ4v) is 4.13. The average Bonchev–Trinajstić information content (AvgIpc) is 2.94. The number of benzene rings is 1. The van der Waals surface area contributed by atoms with Crippen LogP contribution in [0.1, 0.15) is 11.3 Å². The van der Waals surface area contributed by atoms with E-state index in [1.165, 1.54) is 0 Å². The van der Waals surface area contributed by atoms with Gasteiger partial charge in [0.05, 0.1) is 5.02 Å². The molecule has 3 rings (SSSR count). The minimum Gasteiger partial charge on any atom is -0.480 e. The van der Waals surface area contributed by atoms with Crippen molar-refractivity contribution in [2.24, 2.45) is 5.73 Å². The van der Waals surface area contributed by atoms with Crippen LogP contribution in [-0.2, 0) is 11.3 Å². The molecule has 0 aliphatic carbocycles. The zero-order valence-corrected chi connectivity index (χ0v) is 12.4. The lowest BCUT2D eigenvalue weighted by Crippen LogP contribution is -2.49. The molecule has 4 nitrogen and oxygen atoms in total. The predicted octanol–water partition coefficient (Wildman–Crippen LogP) is 2.54. The van der Waals surface area contributed by atoms with E-state index in [1.54, 1.807) is 11.3 Å². The van der Waals surface area contributed by atoms with Crippen molar-refractivity contribution in [3.63, 3.8) is 0 Å². The van der Waals surface area contributed by atoms with Gasteiger partial charge in [-0.25, -0.2) is 0 Å². The molecule has 1 atom stereocenters. The molecule has 1 aromatic carbocycles. The van der Waals surface area contributed by atoms with Crippen molar-refractivity contribution in [2.75, 3.05) is 13.1 Å². The monoisotopic (exact) mass is 310 g/mol. The van der Waals surface area contributed by atoms with Crippen LogP contribution in [-0.4, -0.2) is 34.6 Å². The van der Waals surface area contributed by atoms with E-state index in [9.17, 15) is 4.79 Å². The highest BCUT2D eigenvalue weighted by Gasteiger charge is 2.41. The molecule has 2 heterocycles. The van der Waals surface area contributed by atoms with Crippen molar-refractivity contribution in [1.29, 1.82) is 0 Å². The fourth-order valence-electron chi connectivity index (χ4n) is 2.59. The number of carboxylic acid groups (broad SMARTS) is 1. The van der Waals surface area contributed by atoms with E-state index < -0.39 is 11.5 Å². The molecule has 1 saturated heterocycles. The summed E-state index contributed by atoms with van der Waals surface area (Å²) in [4.78, 5) is 14.3. The molecule has 2 aromatic rings. The number of thiophene rings is 1. The number of nitrogens with zero attached hydrogens (tertiary/aromatic N) is 1. The number of carbonyl (C=O) groups is 1. The Kier molecular flexibility index (Phi) is 3.46. The molecule has 20 heavy (non-hydrogen) atoms. The quantitative estimate of drug-likeness (QED) is 0.914. The van der Waals surface area contributed by atoms with Crippen molar-refractivity contribution < 1.29 is 9.90 Å². The molecule has 0 amide bonds. The largest absolute Gasteiger partial charge is 0.480 e. The summed E-state index contributed by atoms with van der Waals surface area (Å²) in [6.45, 7) is 1.71. The van der Waals surface area contributed by atoms with Gasteiger partial charge in [-0.05, 0) is 12.5 Å². The van der Waals surface area contributed by atoms with Crippen molar-refractivity contribution in [3.8, 4) is 0 Å². The second-order valence-corrected chi connectivity index (χ2v) is 6.77. The molecular formula is C14H15ClN2O2S. The highest BCUT2D eigenvalue weighted by Crippen LogP contribution is 2.36. The molecule has 1 unspecified atom stereocenters. The topological polar surface area (TPSA) is 66.6 Å². The molecule has 1 aliphatic heterocycles. The van der Waals surface area contributed by atoms with E-state index in [4.69, 9.17) is 22.4 Å². The number of halogens is 1. The second kappa shape index (κ2) is 5.00. The van der Waals surface area contributed by atoms with E-state index in [2.05, 4.69) is 4.90 Å². The molecule has 1 fully saturated rings. The van der Waals surface area contributed by atoms with Crippen LogP contribution in [0.4, 0.5) is 0 Å². The van der Waals surface area contributed by atoms with E-state index in [1.807, 2.05) is 24.3 Å². The summed E-state index contributed by atoms with van der Waals surface area (Å²) in [6.07, 6.45) is 0.477. The molecule has 1 aromatic heterocycles. The molecule has 0 saturated carbocycles. The number of likely N-dealkylation sites (tertiary alicyclic amines) is 1. The van der Waals surface area contributed by atoms with Gasteiger partial charge in [-0.15, -0.1) is 11.3 Å². The zero-order chi connectivity index (χ0) is 14.3. The molecule has 6 heteroatoms. The maximum Gasteiger partial charge on any atom is 0.325 e. The van der Waals surface area contributed by atoms with Gasteiger partial charge in [-0.1, -0.05) is 29.8 Å². The summed E-state index contributed by atoms with van der Waals surface area (Å²) in [6, 6.07) is 8.01. The number of nitrogens with two attached hydrogens (primary N) is 1. The van der Waals surface area contributed by atoms with Crippen LogP contribution in [0.3, 0.4) is 0 Å². The Morgan fingerprint density at radius 2 is 2.25 bits per heavy atom. The average molecular weight is 311 g/mol. The molecule has 3 N–H and O–H groups in total. The third-order valence-electron chi connectivity index (χ3n) is 3.77. The van der Waals surface area contributed by atoms with Crippen LogP contribution in [0, 0.1) is 0 Å². The van der Waals surface area contributed by atoms with Crippen molar-refractivity contribution in [2.45, 2.75) is 18.5 Å². The maximum atomic E-state index is 11.2. The van der Waals surface area contributed by atoms with E-state index in [-0.39, 0.29) is 0 Å². The SMILES string of the molecule is NC1(C(=O)O)CCN(Cc2sc3ccccc3c2Cl)C1. The first-order valence-corrected chi connectivity index (χ1v) is 7.59. The number of hydrogen-bond acceptors (Lipinski definition) is 4. The predicted molar refractivity (Wildman–Crippen MR) is 81.3 cm³/mol. The Labute approximate surface area is 125 Å². The third kappa shape index (κ3) is 2.31. The number of hydrogen-bond donors (Lipinski definition) is 2. The minimum absolute atomic E-state index is 0.368. The van der Waals surface area contributed by atoms with Crippen molar-refractivity contribution in [1.82, 2.24) is 4.90 Å². The Balaban J connectivity index is 1.81. The third-order valence-corrected chi connectivity index (χ3v) is 5.47. The van der Waals surface area contributed by atoms with Crippen LogP contribution in [0.5, 0.6) is 0 Å². The Morgan fingerprint density at radius 1 is 1.50 bits per heavy atom. The Morgan fingerprint density at radius 3 is 2.90 bits per heavy atom. The van der Waals surface area contributed by atoms with Gasteiger partial charge in [0, 0.05) is 34.6 Å². The number of rotatable bonds is 3. The van der Waals surface area contributed by atoms with E-state index >= 15 is 0 Å². The minimum atomic E-state index is -1.12. The Hall–Kier alpha value is -1.14. The molecule has 0 spiro atoms. The van der Waals surface area contributed by atoms with Crippen LogP contribution in [0.15, 0.2) is 24.3 Å². The van der Waals surface area contributed by atoms with Gasteiger partial charge in [0.25, 0.3) is 0 Å². The standard InChI is InChI=1S/C14H15ClN2O2S/c15-12-9-3-1-2-4-10(9)20-11(12)7-17-6-5-14(16,8-17)13(18)19/h1-4H,5-8,16H2,(H,18,19). The van der Waals surface area contributed by atoms with Gasteiger partial charge in [0.2, 0.25) is 0 Å². The second-order valence-electron chi connectivity index (χ2n) is 5.26. The first-order chi connectivity index (χ1) is 9.49. The molecule has 106 valence electrons. The number of carboxylic acids is 1. The van der Waals surface area contributed by atoms with Crippen LogP contribution in [0.2, 0.25) is 5.02 Å². The normalized spacial score (nSPS) is 23.5. The number of aliphatic carboxylic acids is 1. The van der Waals surface area contributed by atoms with Gasteiger partial charge in [0.15, 0.2) is 0 Å². The van der Waals surface area contributed by atoms with Gasteiger partial charge in [-0.2, -0.15) is 0 Å². The first kappa shape index (κ1) is 13.8. The van der Waals surface area contributed by atoms with Gasteiger partial charge in [-0.3, -0.25) is 9.69 Å². The van der Waals surface area contributed by atoms with E-state index in [0.717, 1.165) is 20.0 Å². The maximum absolute atomic E-state index is 11.2. The molecular weight excluding hydrogens is 296 g/mol. The zero-order valence-electron chi connectivity index (χ0n) is 10.8. The summed E-state index contributed by atoms with van der Waals surface area (Å²) < 4.78 is 1.16. The number of fused-ring (bicyclic) bond motifs is 1. The lowest BCUT2D eigenvalue weighted by atomic mass is 10.0. The summed E-state index contributed by atoms with van der Waals surface area (Å²) in [5.74, 6) is -0.928. The molecule has 1 aliphatic rings. The lowest BCUT2D eigenvalue weighted by molar-refractivity contribution is -0.142.